The van der Waals surface area contributed by atoms with Crippen LogP contribution in [0, 0.1) is 0 Å². The molecule has 39 heteroatoms. The lowest BCUT2D eigenvalue weighted by atomic mass is 10.0. The number of Topliss-reactive ketones (excluding diaryl/α,β-unsaturated/α-hetero) is 2. The molecule has 5 amide bonds. The van der Waals surface area contributed by atoms with E-state index in [1.54, 1.807) is 26.8 Å². The number of carboxylic acid groups (broad SMARTS) is 6. The number of carbonyl (C=O) groups is 12. The summed E-state index contributed by atoms with van der Waals surface area (Å²) in [5, 5.41) is 75.6. The van der Waals surface area contributed by atoms with Crippen LogP contribution in [0.15, 0.2) is 30.5 Å². The van der Waals surface area contributed by atoms with Crippen molar-refractivity contribution in [3.8, 4) is 0 Å². The number of hydrogen-bond acceptors (Lipinski definition) is 20. The number of carbonyl (C=O) groups excluding carboxylic acids is 6. The molecule has 2 heterocycles. The number of unbranched alkanes of at least 4 members (excludes halogenated alkanes) is 6. The molecule has 5 unspecified atom stereocenters. The van der Waals surface area contributed by atoms with Gasteiger partial charge in [-0.2, -0.15) is 0 Å². The Labute approximate surface area is 618 Å². The second-order valence-corrected chi connectivity index (χ2v) is 40.4. The Morgan fingerprint density at radius 1 is 0.557 bits per heavy atom. The summed E-state index contributed by atoms with van der Waals surface area (Å²) in [5.41, 5.74) is 0.342. The second-order valence-electron chi connectivity index (χ2n) is 29.0. The number of urea groups is 1. The van der Waals surface area contributed by atoms with Crippen molar-refractivity contribution in [2.24, 2.45) is 0 Å². The van der Waals surface area contributed by atoms with Gasteiger partial charge in [-0.1, -0.05) is 89.1 Å². The maximum absolute atomic E-state index is 17.2. The average molecular weight is 1580 g/mol. The second kappa shape index (κ2) is 45.5. The van der Waals surface area contributed by atoms with Gasteiger partial charge in [-0.3, -0.25) is 62.2 Å². The van der Waals surface area contributed by atoms with Crippen molar-refractivity contribution in [1.29, 1.82) is 0 Å². The van der Waals surface area contributed by atoms with E-state index in [0.29, 0.717) is 63.0 Å². The zero-order valence-corrected chi connectivity index (χ0v) is 65.2. The first-order valence-corrected chi connectivity index (χ1v) is 43.3. The number of aromatic nitrogens is 3. The van der Waals surface area contributed by atoms with Gasteiger partial charge in [0, 0.05) is 115 Å². The Hall–Kier alpha value is -7.29. The van der Waals surface area contributed by atoms with E-state index in [0.717, 1.165) is 4.68 Å². The first-order valence-electron chi connectivity index (χ1n) is 35.7. The third kappa shape index (κ3) is 35.6. The molecule has 1 aromatic carbocycles. The highest BCUT2D eigenvalue weighted by atomic mass is 31.2. The average Bonchev–Trinajstić information content (AvgIpc) is 0.892. The van der Waals surface area contributed by atoms with E-state index < -0.39 is 163 Å². The summed E-state index contributed by atoms with van der Waals surface area (Å²) in [6, 6.07) is -0.679. The number of halogens is 1. The molecule has 106 heavy (non-hydrogen) atoms. The van der Waals surface area contributed by atoms with Crippen LogP contribution in [0.4, 0.5) is 8.90 Å². The van der Waals surface area contributed by atoms with E-state index >= 15 is 4.11 Å². The molecule has 1 saturated heterocycles. The summed E-state index contributed by atoms with van der Waals surface area (Å²) in [4.78, 5) is 175. The zero-order valence-electron chi connectivity index (χ0n) is 61.5. The molecule has 0 radical (unpaired) electrons. The summed E-state index contributed by atoms with van der Waals surface area (Å²) < 4.78 is 57.9. The summed E-state index contributed by atoms with van der Waals surface area (Å²) in [6.45, 7) is 12.0. The number of aliphatic carboxylic acids is 6. The molecule has 0 aliphatic carbocycles. The summed E-state index contributed by atoms with van der Waals surface area (Å²) >= 11 is 0. The van der Waals surface area contributed by atoms with E-state index in [1.165, 1.54) is 18.3 Å². The Bertz CT molecular complexity index is 3400. The number of amides is 5. The van der Waals surface area contributed by atoms with Crippen LogP contribution in [-0.2, 0) is 68.1 Å². The highest BCUT2D eigenvalue weighted by Gasteiger charge is 2.56. The van der Waals surface area contributed by atoms with Crippen LogP contribution in [-0.4, -0.2) is 257 Å². The van der Waals surface area contributed by atoms with Crippen LogP contribution in [0.25, 0.3) is 0 Å². The smallest absolute Gasteiger partial charge is 0.354 e. The molecule has 1 aliphatic rings. The first-order chi connectivity index (χ1) is 49.5. The van der Waals surface area contributed by atoms with Crippen LogP contribution < -0.4 is 31.8 Å². The lowest BCUT2D eigenvalue weighted by molar-refractivity contribution is -0.142. The van der Waals surface area contributed by atoms with Crippen LogP contribution in [0.3, 0.4) is 0 Å². The van der Waals surface area contributed by atoms with Gasteiger partial charge in [0.15, 0.2) is 12.4 Å². The van der Waals surface area contributed by atoms with Gasteiger partial charge in [0.05, 0.1) is 31.1 Å². The highest BCUT2D eigenvalue weighted by Crippen LogP contribution is 2.51. The quantitative estimate of drug-likeness (QED) is 0.0162. The van der Waals surface area contributed by atoms with Crippen LogP contribution in [0.5, 0.6) is 0 Å². The zero-order chi connectivity index (χ0) is 79.6. The molecule has 0 saturated carbocycles. The van der Waals surface area contributed by atoms with Crippen molar-refractivity contribution in [1.82, 2.24) is 56.3 Å². The molecule has 0 bridgehead atoms. The molecule has 596 valence electrons. The minimum atomic E-state index is -4.09. The van der Waals surface area contributed by atoms with Gasteiger partial charge in [0.25, 0.3) is 14.3 Å². The fourth-order valence-corrected chi connectivity index (χ4v) is 21.4. The first kappa shape index (κ1) is 92.9. The number of rotatable bonds is 51. The van der Waals surface area contributed by atoms with E-state index in [1.807, 2.05) is 41.5 Å². The van der Waals surface area contributed by atoms with Gasteiger partial charge >= 0.3 is 49.6 Å². The van der Waals surface area contributed by atoms with Crippen LogP contribution in [0.1, 0.15) is 192 Å². The maximum Gasteiger partial charge on any atom is 0.354 e. The molecule has 1 aromatic heterocycles. The minimum Gasteiger partial charge on any atom is -0.481 e. The Morgan fingerprint density at radius 2 is 1.02 bits per heavy atom. The molecule has 0 spiro atoms. The van der Waals surface area contributed by atoms with Gasteiger partial charge in [0.2, 0.25) is 26.6 Å². The summed E-state index contributed by atoms with van der Waals surface area (Å²) in [7, 11) is -13.8. The van der Waals surface area contributed by atoms with Crippen molar-refractivity contribution >= 4 is 107 Å². The van der Waals surface area contributed by atoms with Crippen molar-refractivity contribution in [3.05, 3.63) is 41.7 Å². The SMILES string of the molecule is CC(C)(C)[Si](F)(c1ccc(C(=O)NCC(C(=O)NC(CCCCCC(=O)CCCCCCC(=O)NCCCC[C@H](NC(=O)N[C@@H](CCC(=O)O)C(=O)O)C(=O)O)C(=O)O)n2cc(CCC(=O)CCP(=O)(O)CN3CCN(C[P+](=O)CCC(=O)O)CCN(CP(=O)(O)CCC(=O)O)CC3)nn2)cc1)C(C)(C)C. The Morgan fingerprint density at radius 3 is 1.53 bits per heavy atom. The number of nitrogens with zero attached hydrogens (tertiary/aromatic N) is 6. The number of aryl methyl sites for hydroxylation is 1. The predicted molar refractivity (Wildman–Crippen MR) is 391 cm³/mol. The van der Waals surface area contributed by atoms with Crippen LogP contribution >= 0.6 is 22.5 Å². The Balaban J connectivity index is 1.59. The topological polar surface area (TPSA) is 518 Å². The number of benzene rings is 1. The number of carboxylic acids is 6. The van der Waals surface area contributed by atoms with Gasteiger partial charge in [-0.15, -0.1) is 5.10 Å². The standard InChI is InChI=1S/C67H109FN11O23P3Si/c1-66(2,3)106(68,67(4,5)6)51-25-21-47(22-26-51)60(89)70-42-55(79-43-48(74-75-79)23-24-50(81)30-40-104(99,100)45-77-35-33-76(44-103(98)39-29-58(85)86)34-36-78(38-37-77)46-105(101,102)41-31-59(87)88)61(90)71-52(62(91)92)18-12-9-11-17-49(80)16-10-7-8-13-20-56(82)69-32-15-14-19-53(63(93)94)72-65(97)73-54(64(95)96)27-28-57(83)84/h21-22,25-26,43,52-55H,7-20,23-24,27-42,44-46H2,1-6H3,(H12-,69,70,71,72,73,82,83,84,85,86,87,88,89,90,91,92,93,94,95,96,97,99,100,101,102)/p+1/t52?,53-,54-,55?/m0/s1. The van der Waals surface area contributed by atoms with Gasteiger partial charge in [-0.25, -0.2) is 23.9 Å². The molecule has 1 aliphatic heterocycles. The lowest BCUT2D eigenvalue weighted by Gasteiger charge is -2.44. The normalized spacial score (nSPS) is 16.0. The minimum absolute atomic E-state index is 0.00164. The molecule has 1 fully saturated rings. The largest absolute Gasteiger partial charge is 0.481 e. The molecular weight excluding hydrogens is 1470 g/mol. The predicted octanol–water partition coefficient (Wildman–Crippen LogP) is 5.76. The van der Waals surface area contributed by atoms with Crippen molar-refractivity contribution in [3.63, 3.8) is 0 Å². The van der Waals surface area contributed by atoms with Gasteiger partial charge in [-0.05, 0) is 85.2 Å². The number of ketones is 2. The Kier molecular flexibility index (Phi) is 39.9. The summed E-state index contributed by atoms with van der Waals surface area (Å²) in [6.07, 6.45) is 2.21. The maximum atomic E-state index is 17.2. The molecule has 34 nitrogen and oxygen atoms in total. The molecule has 7 atom stereocenters. The fourth-order valence-electron chi connectivity index (χ4n) is 12.3. The fraction of sp³-hybridized carbons (Fsp3) is 0.701. The van der Waals surface area contributed by atoms with Crippen molar-refractivity contribution < 1.29 is 116 Å². The van der Waals surface area contributed by atoms with E-state index in [4.69, 9.17) is 15.3 Å². The number of hydrogen-bond donors (Lipinski definition) is 13. The third-order valence-electron chi connectivity index (χ3n) is 18.1. The highest BCUT2D eigenvalue weighted by molar-refractivity contribution is 7.58. The van der Waals surface area contributed by atoms with E-state index in [9.17, 15) is 96.3 Å². The van der Waals surface area contributed by atoms with Crippen LogP contribution in [0.2, 0.25) is 10.1 Å². The molecular formula is C67H110FN11O23P3Si+. The van der Waals surface area contributed by atoms with Crippen molar-refractivity contribution in [2.75, 3.05) is 89.7 Å². The third-order valence-corrected chi connectivity index (χ3v) is 28.3. The van der Waals surface area contributed by atoms with Gasteiger partial charge in [0.1, 0.15) is 35.7 Å². The lowest BCUT2D eigenvalue weighted by Crippen LogP contribution is -2.57. The number of nitrogens with one attached hydrogen (secondary N) is 5. The van der Waals surface area contributed by atoms with Crippen molar-refractivity contribution in [2.45, 2.75) is 211 Å². The summed E-state index contributed by atoms with van der Waals surface area (Å²) in [5.74, 6) is -10.0. The van der Waals surface area contributed by atoms with E-state index in [-0.39, 0.29) is 152 Å². The molecule has 2 aromatic rings. The molecule has 3 rings (SSSR count). The monoisotopic (exact) mass is 1580 g/mol. The van der Waals surface area contributed by atoms with E-state index in [2.05, 4.69) is 36.9 Å². The molecule has 13 N–H and O–H groups in total. The van der Waals surface area contributed by atoms with Gasteiger partial charge < -0.3 is 71.1 Å².